The molecule has 3 unspecified atom stereocenters. The third-order valence-corrected chi connectivity index (χ3v) is 22.4. The fourth-order valence-corrected chi connectivity index (χ4v) is 13.6. The summed E-state index contributed by atoms with van der Waals surface area (Å²) in [5.41, 5.74) is 3.09. The second kappa shape index (κ2) is 26.1. The molecule has 85 heavy (non-hydrogen) atoms. The molecule has 7 aromatic rings. The van der Waals surface area contributed by atoms with Crippen LogP contribution in [0.1, 0.15) is 108 Å². The number of anilines is 1. The van der Waals surface area contributed by atoms with Gasteiger partial charge in [-0.15, -0.1) is 0 Å². The van der Waals surface area contributed by atoms with Crippen LogP contribution in [0, 0.1) is 35.3 Å². The molecular formula is C63H75N8O12PSi. The Kier molecular flexibility index (Phi) is 19.1. The minimum atomic E-state index is -2.93. The van der Waals surface area contributed by atoms with E-state index in [1.54, 1.807) is 35.8 Å². The molecule has 20 nitrogen and oxygen atoms in total. The first-order chi connectivity index (χ1) is 40.5. The molecule has 2 N–H and O–H groups in total. The van der Waals surface area contributed by atoms with E-state index in [-0.39, 0.29) is 76.9 Å². The first kappa shape index (κ1) is 62.2. The Morgan fingerprint density at radius 1 is 0.882 bits per heavy atom. The molecule has 2 aliphatic rings. The number of aromatic nitrogens is 4. The van der Waals surface area contributed by atoms with Crippen molar-refractivity contribution < 1.29 is 52.0 Å². The summed E-state index contributed by atoms with van der Waals surface area (Å²) in [4.78, 5) is 40.5. The Bertz CT molecular complexity index is 3440. The number of benzene rings is 5. The summed E-state index contributed by atoms with van der Waals surface area (Å²) in [7, 11) is -4.97. The molecule has 7 atom stereocenters. The van der Waals surface area contributed by atoms with E-state index in [9.17, 15) is 25.3 Å². The van der Waals surface area contributed by atoms with Crippen molar-refractivity contribution in [1.82, 2.24) is 24.2 Å². The van der Waals surface area contributed by atoms with Gasteiger partial charge in [-0.2, -0.15) is 15.2 Å². The Morgan fingerprint density at radius 3 is 2.05 bits per heavy atom. The van der Waals surface area contributed by atoms with Gasteiger partial charge in [-0.1, -0.05) is 129 Å². The van der Waals surface area contributed by atoms with Crippen molar-refractivity contribution in [2.75, 3.05) is 25.3 Å². The molecule has 9 rings (SSSR count). The van der Waals surface area contributed by atoms with E-state index in [4.69, 9.17) is 52.1 Å². The van der Waals surface area contributed by atoms with Crippen LogP contribution in [0.3, 0.4) is 0 Å². The SMILES string of the molecule is Cc1ccc(C(c2ccccc2)(c2ccc(C)cc2)C(O)[C@H]2O[C@@H](n3cnc4c(OC(C)c5cc6c(cc5[N+](=O)[O-])OCO6)nc(NC(=O)COc5ccccc5)nc43)[C@H](O[Si](C)(C)C(C)(C)C)[C@@H]2OP(OCCC#N)N(C(C)C)C(C)C)cc1. The predicted molar refractivity (Wildman–Crippen MR) is 325 cm³/mol. The number of para-hydroxylation sites is 1. The molecule has 0 aliphatic carbocycles. The summed E-state index contributed by atoms with van der Waals surface area (Å²) in [5, 5.41) is 39.2. The number of hydrogen-bond donors (Lipinski definition) is 2. The number of aliphatic hydroxyl groups is 1. The first-order valence-corrected chi connectivity index (χ1v) is 32.5. The fourth-order valence-electron chi connectivity index (χ4n) is 10.6. The van der Waals surface area contributed by atoms with Crippen molar-refractivity contribution in [3.63, 3.8) is 0 Å². The Hall–Kier alpha value is -7.38. The summed E-state index contributed by atoms with van der Waals surface area (Å²) in [6.45, 7) is 24.0. The van der Waals surface area contributed by atoms with Crippen LogP contribution in [0.25, 0.3) is 11.2 Å². The normalized spacial score (nSPS) is 18.2. The average molecular weight is 1200 g/mol. The number of ether oxygens (including phenoxy) is 5. The number of rotatable bonds is 24. The van der Waals surface area contributed by atoms with Gasteiger partial charge in [0.25, 0.3) is 20.1 Å². The number of aryl methyl sites for hydroxylation is 2. The van der Waals surface area contributed by atoms with Gasteiger partial charge >= 0.3 is 0 Å². The summed E-state index contributed by atoms with van der Waals surface area (Å²) in [6.07, 6.45) is -5.62. The number of nitrogens with zero attached hydrogens (tertiary/aromatic N) is 7. The van der Waals surface area contributed by atoms with Crippen molar-refractivity contribution >= 4 is 45.6 Å². The summed E-state index contributed by atoms with van der Waals surface area (Å²) in [6, 6.07) is 39.7. The average Bonchev–Trinajstić information content (AvgIpc) is 1.80. The number of aliphatic hydroxyl groups excluding tert-OH is 1. The van der Waals surface area contributed by atoms with E-state index >= 15 is 0 Å². The molecular weight excluding hydrogens is 1120 g/mol. The van der Waals surface area contributed by atoms with Crippen molar-refractivity contribution in [2.24, 2.45) is 0 Å². The highest BCUT2D eigenvalue weighted by Crippen LogP contribution is 2.55. The lowest BCUT2D eigenvalue weighted by atomic mass is 9.64. The van der Waals surface area contributed by atoms with Crippen LogP contribution < -0.4 is 24.3 Å². The van der Waals surface area contributed by atoms with Crippen molar-refractivity contribution in [3.05, 3.63) is 171 Å². The maximum atomic E-state index is 14.3. The van der Waals surface area contributed by atoms with E-state index in [0.29, 0.717) is 11.5 Å². The number of imidazole rings is 1. The lowest BCUT2D eigenvalue weighted by Gasteiger charge is -2.45. The minimum absolute atomic E-state index is 0.0569. The number of nitriles is 1. The molecule has 0 radical (unpaired) electrons. The van der Waals surface area contributed by atoms with Gasteiger partial charge in [0, 0.05) is 12.1 Å². The Balaban J connectivity index is 1.28. The lowest BCUT2D eigenvalue weighted by Crippen LogP contribution is -2.55. The third-order valence-electron chi connectivity index (χ3n) is 15.8. The van der Waals surface area contributed by atoms with Gasteiger partial charge in [0.2, 0.25) is 18.6 Å². The first-order valence-electron chi connectivity index (χ1n) is 28.4. The molecule has 4 heterocycles. The Labute approximate surface area is 498 Å². The van der Waals surface area contributed by atoms with Crippen molar-refractivity contribution in [2.45, 2.75) is 148 Å². The van der Waals surface area contributed by atoms with Crippen LogP contribution in [0.5, 0.6) is 23.1 Å². The molecule has 22 heteroatoms. The molecule has 0 spiro atoms. The van der Waals surface area contributed by atoms with Crippen molar-refractivity contribution in [1.29, 1.82) is 5.26 Å². The zero-order valence-corrected chi connectivity index (χ0v) is 52.0. The van der Waals surface area contributed by atoms with Gasteiger partial charge in [0.05, 0.1) is 47.4 Å². The standard InChI is InChI=1S/C63H75N8O12PSi/c1-39(2)70(40(3)4)84(79-33-19-32-64)82-54-55(57(73)63(44-20-15-13-16-21-44,45-28-24-41(5)25-29-45)46-30-26-42(6)27-31-46)81-60(56(54)83-85(11,12)62(8,9)10)69-37-65-53-58(69)67-61(66-52(72)36-76-47-22-17-14-18-23-47)68-59(53)80-43(7)48-34-50-51(78-38-77-50)35-49(48)71(74)75/h13-18,20-31,34-35,37,39-40,43,54-57,60,73H,19,33,36,38H2,1-12H3,(H,66,67,68,72)/t43?,54-,55+,56-,57?,60-,84?/m1/s1. The molecule has 0 saturated carbocycles. The van der Waals surface area contributed by atoms with E-state index in [1.807, 2.05) is 98.8 Å². The van der Waals surface area contributed by atoms with Crippen LogP contribution in [-0.2, 0) is 28.4 Å². The van der Waals surface area contributed by atoms with Gasteiger partial charge in [0.15, 0.2) is 43.8 Å². The lowest BCUT2D eigenvalue weighted by molar-refractivity contribution is -0.386. The van der Waals surface area contributed by atoms with Gasteiger partial charge in [-0.25, -0.2) is 9.65 Å². The molecule has 2 aromatic heterocycles. The summed E-state index contributed by atoms with van der Waals surface area (Å²) in [5.74, 6) is -0.00631. The number of hydrogen-bond acceptors (Lipinski definition) is 17. The number of nitro groups is 1. The van der Waals surface area contributed by atoms with Gasteiger partial charge < -0.3 is 42.3 Å². The predicted octanol–water partition coefficient (Wildman–Crippen LogP) is 12.6. The summed E-state index contributed by atoms with van der Waals surface area (Å²) >= 11 is 0. The van der Waals surface area contributed by atoms with E-state index in [1.165, 1.54) is 18.5 Å². The van der Waals surface area contributed by atoms with Crippen LogP contribution in [0.15, 0.2) is 128 Å². The van der Waals surface area contributed by atoms with Gasteiger partial charge in [-0.3, -0.25) is 24.8 Å². The van der Waals surface area contributed by atoms with Crippen LogP contribution >= 0.6 is 8.53 Å². The number of nitrogens with one attached hydrogen (secondary N) is 1. The highest BCUT2D eigenvalue weighted by molar-refractivity contribution is 7.44. The van der Waals surface area contributed by atoms with E-state index in [0.717, 1.165) is 27.8 Å². The molecule has 5 aromatic carbocycles. The van der Waals surface area contributed by atoms with Crippen LogP contribution in [0.2, 0.25) is 18.1 Å². The zero-order valence-electron chi connectivity index (χ0n) is 50.1. The molecule has 448 valence electrons. The summed E-state index contributed by atoms with van der Waals surface area (Å²) < 4.78 is 57.0. The van der Waals surface area contributed by atoms with Crippen LogP contribution in [-0.4, -0.2) is 105 Å². The molecule has 0 bridgehead atoms. The second-order valence-electron chi connectivity index (χ2n) is 23.4. The number of carbonyl (C=O) groups is 1. The highest BCUT2D eigenvalue weighted by Gasteiger charge is 2.60. The van der Waals surface area contributed by atoms with E-state index in [2.05, 4.69) is 77.6 Å². The quantitative estimate of drug-likeness (QED) is 0.0143. The molecule has 1 fully saturated rings. The third kappa shape index (κ3) is 13.2. The molecule has 1 saturated heterocycles. The van der Waals surface area contributed by atoms with Gasteiger partial charge in [-0.05, 0) is 101 Å². The smallest absolute Gasteiger partial charge is 0.280 e. The highest BCUT2D eigenvalue weighted by atomic mass is 31.2. The van der Waals surface area contributed by atoms with Crippen LogP contribution in [0.4, 0.5) is 11.6 Å². The van der Waals surface area contributed by atoms with E-state index < -0.39 is 76.4 Å². The minimum Gasteiger partial charge on any atom is -0.484 e. The fraction of sp³-hybridized carbons (Fsp3) is 0.413. The van der Waals surface area contributed by atoms with Gasteiger partial charge in [0.1, 0.15) is 36.3 Å². The number of carbonyl (C=O) groups excluding carboxylic acids is 1. The number of nitro benzene ring substituents is 1. The molecule has 2 aliphatic heterocycles. The second-order valence-corrected chi connectivity index (χ2v) is 29.6. The largest absolute Gasteiger partial charge is 0.484 e. The topological polar surface area (TPSA) is 237 Å². The maximum Gasteiger partial charge on any atom is 0.280 e. The Morgan fingerprint density at radius 2 is 1.47 bits per heavy atom. The molecule has 1 amide bonds. The maximum absolute atomic E-state index is 14.3. The van der Waals surface area contributed by atoms with Crippen molar-refractivity contribution in [3.8, 4) is 29.2 Å². The zero-order chi connectivity index (χ0) is 61.0. The monoisotopic (exact) mass is 1190 g/mol. The number of fused-ring (bicyclic) bond motifs is 2. The number of amides is 1.